The Morgan fingerprint density at radius 3 is 2.56 bits per heavy atom. The van der Waals surface area contributed by atoms with Crippen molar-refractivity contribution in [2.75, 3.05) is 13.2 Å². The Morgan fingerprint density at radius 1 is 1.08 bits per heavy atom. The van der Waals surface area contributed by atoms with E-state index in [1.165, 1.54) is 10.5 Å². The Morgan fingerprint density at radius 2 is 1.84 bits per heavy atom. The molecule has 2 aromatic carbocycles. The predicted octanol–water partition coefficient (Wildman–Crippen LogP) is 3.10. The largest absolute Gasteiger partial charge is 0.492 e. The average molecular weight is 338 g/mol. The molecule has 0 saturated carbocycles. The summed E-state index contributed by atoms with van der Waals surface area (Å²) in [6.07, 6.45) is 0.930. The Hall–Kier alpha value is -2.82. The molecule has 2 aromatic rings. The minimum atomic E-state index is -1.03. The van der Waals surface area contributed by atoms with E-state index in [-0.39, 0.29) is 25.1 Å². The summed E-state index contributed by atoms with van der Waals surface area (Å²) < 4.78 is 5.71. The minimum absolute atomic E-state index is 0.212. The van der Waals surface area contributed by atoms with Crippen LogP contribution < -0.4 is 10.1 Å². The van der Waals surface area contributed by atoms with Crippen LogP contribution in [0.15, 0.2) is 54.6 Å². The summed E-state index contributed by atoms with van der Waals surface area (Å²) in [5.74, 6) is 0.492. The summed E-state index contributed by atoms with van der Waals surface area (Å²) in [6.45, 7) is 4.28. The Kier molecular flexibility index (Phi) is 4.74. The Balaban J connectivity index is 1.65. The van der Waals surface area contributed by atoms with Crippen LogP contribution in [0, 0.1) is 0 Å². The fourth-order valence-corrected chi connectivity index (χ4v) is 2.98. The standard InChI is InChI=1S/C20H22N2O3/c1-3-15-8-7-11-17(14-15)25-13-12-22-18(23)20(2,21-19(22)24)16-9-5-4-6-10-16/h4-11,14H,3,12-13H2,1-2H3,(H,21,24). The highest BCUT2D eigenvalue weighted by Gasteiger charge is 2.48. The van der Waals surface area contributed by atoms with E-state index in [4.69, 9.17) is 4.74 Å². The van der Waals surface area contributed by atoms with Crippen molar-refractivity contribution < 1.29 is 14.3 Å². The SMILES string of the molecule is CCc1cccc(OCCN2C(=O)NC(C)(c3ccccc3)C2=O)c1. The molecule has 1 unspecified atom stereocenters. The molecule has 5 heteroatoms. The molecule has 3 rings (SSSR count). The van der Waals surface area contributed by atoms with E-state index in [2.05, 4.69) is 12.2 Å². The second-order valence-electron chi connectivity index (χ2n) is 6.23. The topological polar surface area (TPSA) is 58.6 Å². The van der Waals surface area contributed by atoms with Gasteiger partial charge < -0.3 is 10.1 Å². The van der Waals surface area contributed by atoms with E-state index in [0.29, 0.717) is 0 Å². The van der Waals surface area contributed by atoms with Crippen LogP contribution in [0.3, 0.4) is 0 Å². The third-order valence-electron chi connectivity index (χ3n) is 4.52. The summed E-state index contributed by atoms with van der Waals surface area (Å²) in [6, 6.07) is 16.7. The van der Waals surface area contributed by atoms with Gasteiger partial charge in [0, 0.05) is 0 Å². The fraction of sp³-hybridized carbons (Fsp3) is 0.300. The molecule has 1 aliphatic heterocycles. The second kappa shape index (κ2) is 6.97. The van der Waals surface area contributed by atoms with E-state index in [9.17, 15) is 9.59 Å². The maximum Gasteiger partial charge on any atom is 0.325 e. The normalized spacial score (nSPS) is 19.8. The molecule has 0 radical (unpaired) electrons. The molecule has 0 spiro atoms. The number of urea groups is 1. The zero-order valence-electron chi connectivity index (χ0n) is 14.5. The highest BCUT2D eigenvalue weighted by atomic mass is 16.5. The van der Waals surface area contributed by atoms with E-state index < -0.39 is 5.54 Å². The maximum absolute atomic E-state index is 12.8. The number of hydrogen-bond donors (Lipinski definition) is 1. The first-order valence-electron chi connectivity index (χ1n) is 8.46. The molecule has 1 aliphatic rings. The second-order valence-corrected chi connectivity index (χ2v) is 6.23. The number of hydrogen-bond acceptors (Lipinski definition) is 3. The first kappa shape index (κ1) is 17.0. The van der Waals surface area contributed by atoms with Crippen molar-refractivity contribution in [1.29, 1.82) is 0 Å². The molecule has 1 saturated heterocycles. The van der Waals surface area contributed by atoms with E-state index >= 15 is 0 Å². The van der Waals surface area contributed by atoms with Gasteiger partial charge in [0.2, 0.25) is 0 Å². The van der Waals surface area contributed by atoms with Gasteiger partial charge in [-0.15, -0.1) is 0 Å². The third kappa shape index (κ3) is 3.36. The zero-order chi connectivity index (χ0) is 17.9. The van der Waals surface area contributed by atoms with Crippen LogP contribution in [0.4, 0.5) is 4.79 Å². The van der Waals surface area contributed by atoms with Gasteiger partial charge in [0.15, 0.2) is 0 Å². The minimum Gasteiger partial charge on any atom is -0.492 e. The van der Waals surface area contributed by atoms with Gasteiger partial charge >= 0.3 is 6.03 Å². The number of carbonyl (C=O) groups excluding carboxylic acids is 2. The van der Waals surface area contributed by atoms with E-state index in [1.54, 1.807) is 6.92 Å². The number of aryl methyl sites for hydroxylation is 1. The number of rotatable bonds is 6. The molecule has 0 aliphatic carbocycles. The molecular formula is C20H22N2O3. The highest BCUT2D eigenvalue weighted by molar-refractivity contribution is 6.07. The van der Waals surface area contributed by atoms with Crippen LogP contribution in [0.5, 0.6) is 5.75 Å². The van der Waals surface area contributed by atoms with Crippen LogP contribution >= 0.6 is 0 Å². The lowest BCUT2D eigenvalue weighted by Gasteiger charge is -2.22. The summed E-state index contributed by atoms with van der Waals surface area (Å²) >= 11 is 0. The van der Waals surface area contributed by atoms with Crippen LogP contribution in [-0.4, -0.2) is 30.0 Å². The summed E-state index contributed by atoms with van der Waals surface area (Å²) in [5, 5.41) is 2.80. The molecule has 1 heterocycles. The lowest BCUT2D eigenvalue weighted by atomic mass is 9.92. The first-order valence-corrected chi connectivity index (χ1v) is 8.46. The zero-order valence-corrected chi connectivity index (χ0v) is 14.5. The number of nitrogens with one attached hydrogen (secondary N) is 1. The van der Waals surface area contributed by atoms with Crippen molar-refractivity contribution in [1.82, 2.24) is 10.2 Å². The Bertz CT molecular complexity index is 776. The van der Waals surface area contributed by atoms with Gasteiger partial charge in [-0.2, -0.15) is 0 Å². The number of imide groups is 1. The van der Waals surface area contributed by atoms with Crippen LogP contribution in [0.25, 0.3) is 0 Å². The van der Waals surface area contributed by atoms with Crippen molar-refractivity contribution in [2.24, 2.45) is 0 Å². The van der Waals surface area contributed by atoms with E-state index in [1.807, 2.05) is 54.6 Å². The maximum atomic E-state index is 12.8. The van der Waals surface area contributed by atoms with Gasteiger partial charge in [0.25, 0.3) is 5.91 Å². The lowest BCUT2D eigenvalue weighted by Crippen LogP contribution is -2.41. The Labute approximate surface area is 147 Å². The summed E-state index contributed by atoms with van der Waals surface area (Å²) in [4.78, 5) is 26.2. The highest BCUT2D eigenvalue weighted by Crippen LogP contribution is 2.28. The molecule has 1 fully saturated rings. The number of benzene rings is 2. The average Bonchev–Trinajstić information content (AvgIpc) is 2.86. The van der Waals surface area contributed by atoms with Crippen LogP contribution in [0.2, 0.25) is 0 Å². The quantitative estimate of drug-likeness (QED) is 0.824. The molecule has 1 N–H and O–H groups in total. The number of ether oxygens (including phenoxy) is 1. The van der Waals surface area contributed by atoms with Crippen LogP contribution in [0.1, 0.15) is 25.0 Å². The van der Waals surface area contributed by atoms with Crippen LogP contribution in [-0.2, 0) is 16.8 Å². The summed E-state index contributed by atoms with van der Waals surface area (Å²) in [7, 11) is 0. The van der Waals surface area contributed by atoms with Gasteiger partial charge in [0.1, 0.15) is 17.9 Å². The lowest BCUT2D eigenvalue weighted by molar-refractivity contribution is -0.131. The summed E-state index contributed by atoms with van der Waals surface area (Å²) in [5.41, 5.74) is 0.928. The third-order valence-corrected chi connectivity index (χ3v) is 4.52. The molecular weight excluding hydrogens is 316 g/mol. The van der Waals surface area contributed by atoms with Crippen molar-refractivity contribution in [3.05, 3.63) is 65.7 Å². The fourth-order valence-electron chi connectivity index (χ4n) is 2.98. The van der Waals surface area contributed by atoms with Crippen molar-refractivity contribution in [3.63, 3.8) is 0 Å². The number of amides is 3. The van der Waals surface area contributed by atoms with Gasteiger partial charge in [0.05, 0.1) is 6.54 Å². The van der Waals surface area contributed by atoms with E-state index in [0.717, 1.165) is 17.7 Å². The number of nitrogens with zero attached hydrogens (tertiary/aromatic N) is 1. The molecule has 1 atom stereocenters. The number of carbonyl (C=O) groups is 2. The van der Waals surface area contributed by atoms with Crippen molar-refractivity contribution in [3.8, 4) is 5.75 Å². The van der Waals surface area contributed by atoms with Crippen molar-refractivity contribution >= 4 is 11.9 Å². The monoisotopic (exact) mass is 338 g/mol. The molecule has 0 bridgehead atoms. The van der Waals surface area contributed by atoms with Gasteiger partial charge in [-0.3, -0.25) is 9.69 Å². The van der Waals surface area contributed by atoms with Gasteiger partial charge in [-0.25, -0.2) is 4.79 Å². The molecule has 0 aromatic heterocycles. The smallest absolute Gasteiger partial charge is 0.325 e. The molecule has 3 amide bonds. The molecule has 130 valence electrons. The molecule has 5 nitrogen and oxygen atoms in total. The van der Waals surface area contributed by atoms with Gasteiger partial charge in [-0.05, 0) is 36.6 Å². The predicted molar refractivity (Wildman–Crippen MR) is 95.4 cm³/mol. The molecule has 25 heavy (non-hydrogen) atoms. The van der Waals surface area contributed by atoms with Gasteiger partial charge in [-0.1, -0.05) is 49.4 Å². The first-order chi connectivity index (χ1) is 12.0. The van der Waals surface area contributed by atoms with Crippen molar-refractivity contribution in [2.45, 2.75) is 25.8 Å².